The molecule has 0 aliphatic heterocycles. The average molecular weight is 277 g/mol. The summed E-state index contributed by atoms with van der Waals surface area (Å²) < 4.78 is 9.78. The van der Waals surface area contributed by atoms with Crippen molar-refractivity contribution in [2.75, 3.05) is 19.0 Å². The number of rotatable bonds is 5. The molecule has 102 valence electrons. The first-order valence-corrected chi connectivity index (χ1v) is 7.10. The molecule has 0 bridgehead atoms. The van der Waals surface area contributed by atoms with Gasteiger partial charge in [0.05, 0.1) is 12.7 Å². The van der Waals surface area contributed by atoms with Crippen LogP contribution in [-0.2, 0) is 0 Å². The van der Waals surface area contributed by atoms with Crippen LogP contribution in [0.15, 0.2) is 18.2 Å². The summed E-state index contributed by atoms with van der Waals surface area (Å²) in [6.07, 6.45) is 0. The van der Waals surface area contributed by atoms with E-state index in [1.54, 1.807) is 7.11 Å². The Labute approximate surface area is 118 Å². The second-order valence-corrected chi connectivity index (χ2v) is 5.65. The number of nitrogens with one attached hydrogen (secondary N) is 1. The molecule has 1 aromatic carbocycles. The maximum atomic E-state index is 5.39. The smallest absolute Gasteiger partial charge is 0.202 e. The van der Waals surface area contributed by atoms with Crippen LogP contribution in [0.5, 0.6) is 5.75 Å². The van der Waals surface area contributed by atoms with Crippen molar-refractivity contribution in [1.29, 1.82) is 0 Å². The first kappa shape index (κ1) is 13.8. The molecule has 4 nitrogen and oxygen atoms in total. The van der Waals surface area contributed by atoms with Crippen molar-refractivity contribution in [3.05, 3.63) is 23.8 Å². The number of anilines is 1. The van der Waals surface area contributed by atoms with Gasteiger partial charge in [-0.25, -0.2) is 0 Å². The van der Waals surface area contributed by atoms with Crippen molar-refractivity contribution in [1.82, 2.24) is 9.36 Å². The Kier molecular flexibility index (Phi) is 4.37. The second-order valence-electron chi connectivity index (χ2n) is 4.90. The van der Waals surface area contributed by atoms with E-state index in [1.165, 1.54) is 11.5 Å². The average Bonchev–Trinajstić information content (AvgIpc) is 2.84. The summed E-state index contributed by atoms with van der Waals surface area (Å²) >= 11 is 1.38. The molecule has 1 N–H and O–H groups in total. The van der Waals surface area contributed by atoms with Crippen molar-refractivity contribution in [2.45, 2.75) is 20.8 Å². The van der Waals surface area contributed by atoms with Gasteiger partial charge in [0, 0.05) is 18.1 Å². The Hall–Kier alpha value is -1.62. The number of hydrogen-bond donors (Lipinski definition) is 1. The lowest BCUT2D eigenvalue weighted by Crippen LogP contribution is -2.07. The van der Waals surface area contributed by atoms with E-state index in [1.807, 2.05) is 25.1 Å². The van der Waals surface area contributed by atoms with E-state index in [0.29, 0.717) is 11.7 Å². The van der Waals surface area contributed by atoms with E-state index < -0.39 is 0 Å². The molecule has 0 saturated carbocycles. The maximum Gasteiger partial charge on any atom is 0.202 e. The van der Waals surface area contributed by atoms with Gasteiger partial charge in [-0.3, -0.25) is 0 Å². The highest BCUT2D eigenvalue weighted by molar-refractivity contribution is 7.09. The van der Waals surface area contributed by atoms with Gasteiger partial charge < -0.3 is 10.1 Å². The molecule has 0 spiro atoms. The zero-order chi connectivity index (χ0) is 13.8. The highest BCUT2D eigenvalue weighted by Gasteiger charge is 2.12. The van der Waals surface area contributed by atoms with Crippen LogP contribution in [0.25, 0.3) is 11.4 Å². The molecule has 2 rings (SSSR count). The number of hydrogen-bond acceptors (Lipinski definition) is 5. The quantitative estimate of drug-likeness (QED) is 0.907. The van der Waals surface area contributed by atoms with Crippen molar-refractivity contribution in [3.63, 3.8) is 0 Å². The molecule has 0 aliphatic rings. The summed E-state index contributed by atoms with van der Waals surface area (Å²) in [5.41, 5.74) is 2.09. The van der Waals surface area contributed by atoms with Crippen LogP contribution in [-0.4, -0.2) is 23.0 Å². The van der Waals surface area contributed by atoms with Gasteiger partial charge in [-0.2, -0.15) is 9.36 Å². The molecule has 0 saturated heterocycles. The van der Waals surface area contributed by atoms with Crippen molar-refractivity contribution >= 4 is 16.7 Å². The van der Waals surface area contributed by atoms with Crippen LogP contribution in [0.3, 0.4) is 0 Å². The topological polar surface area (TPSA) is 47.0 Å². The third-order valence-corrected chi connectivity index (χ3v) is 3.36. The van der Waals surface area contributed by atoms with E-state index >= 15 is 0 Å². The Morgan fingerprint density at radius 1 is 1.37 bits per heavy atom. The molecule has 1 heterocycles. The van der Waals surface area contributed by atoms with Gasteiger partial charge in [0.1, 0.15) is 5.75 Å². The third-order valence-electron chi connectivity index (χ3n) is 2.69. The largest absolute Gasteiger partial charge is 0.496 e. The highest BCUT2D eigenvalue weighted by atomic mass is 32.1. The van der Waals surface area contributed by atoms with E-state index in [2.05, 4.69) is 28.5 Å². The first-order valence-electron chi connectivity index (χ1n) is 6.32. The molecule has 0 atom stereocenters. The second kappa shape index (κ2) is 6.02. The monoisotopic (exact) mass is 277 g/mol. The molecular weight excluding hydrogens is 258 g/mol. The SMILES string of the molecule is COc1cc(C)ccc1-c1nsc(NCC(C)C)n1. The van der Waals surface area contributed by atoms with Gasteiger partial charge in [0.25, 0.3) is 0 Å². The van der Waals surface area contributed by atoms with E-state index in [-0.39, 0.29) is 0 Å². The molecule has 0 unspecified atom stereocenters. The van der Waals surface area contributed by atoms with Crippen LogP contribution in [0.4, 0.5) is 5.13 Å². The lowest BCUT2D eigenvalue weighted by molar-refractivity contribution is 0.416. The van der Waals surface area contributed by atoms with Gasteiger partial charge >= 0.3 is 0 Å². The summed E-state index contributed by atoms with van der Waals surface area (Å²) in [6.45, 7) is 7.27. The standard InChI is InChI=1S/C14H19N3OS/c1-9(2)8-15-14-16-13(17-19-14)11-6-5-10(3)7-12(11)18-4/h5-7,9H,8H2,1-4H3,(H,15,16,17). The van der Waals surface area contributed by atoms with Gasteiger partial charge in [-0.05, 0) is 30.5 Å². The fourth-order valence-electron chi connectivity index (χ4n) is 1.68. The minimum Gasteiger partial charge on any atom is -0.496 e. The molecule has 0 aliphatic carbocycles. The number of benzene rings is 1. The van der Waals surface area contributed by atoms with E-state index in [4.69, 9.17) is 4.74 Å². The van der Waals surface area contributed by atoms with Crippen molar-refractivity contribution in [2.24, 2.45) is 5.92 Å². The number of aromatic nitrogens is 2. The molecule has 1 aromatic heterocycles. The summed E-state index contributed by atoms with van der Waals surface area (Å²) in [7, 11) is 1.67. The van der Waals surface area contributed by atoms with Gasteiger partial charge in [0.15, 0.2) is 5.82 Å². The molecule has 2 aromatic rings. The summed E-state index contributed by atoms with van der Waals surface area (Å²) in [5.74, 6) is 2.11. The fourth-order valence-corrected chi connectivity index (χ4v) is 2.27. The Morgan fingerprint density at radius 3 is 2.84 bits per heavy atom. The van der Waals surface area contributed by atoms with E-state index in [9.17, 15) is 0 Å². The van der Waals surface area contributed by atoms with Crippen LogP contribution in [0, 0.1) is 12.8 Å². The van der Waals surface area contributed by atoms with Crippen LogP contribution < -0.4 is 10.1 Å². The number of aryl methyl sites for hydroxylation is 1. The summed E-state index contributed by atoms with van der Waals surface area (Å²) in [4.78, 5) is 4.51. The van der Waals surface area contributed by atoms with Gasteiger partial charge in [-0.15, -0.1) is 0 Å². The molecule has 19 heavy (non-hydrogen) atoms. The zero-order valence-electron chi connectivity index (χ0n) is 11.7. The first-order chi connectivity index (χ1) is 9.10. The van der Waals surface area contributed by atoms with Crippen LogP contribution in [0.2, 0.25) is 0 Å². The minimum absolute atomic E-state index is 0.585. The number of methoxy groups -OCH3 is 1. The predicted octanol–water partition coefficient (Wildman–Crippen LogP) is 3.59. The molecule has 0 fully saturated rings. The van der Waals surface area contributed by atoms with Crippen LogP contribution >= 0.6 is 11.5 Å². The number of nitrogens with zero attached hydrogens (tertiary/aromatic N) is 2. The number of ether oxygens (including phenoxy) is 1. The predicted molar refractivity (Wildman–Crippen MR) is 80.0 cm³/mol. The van der Waals surface area contributed by atoms with Crippen molar-refractivity contribution < 1.29 is 4.74 Å². The molecule has 0 amide bonds. The summed E-state index contributed by atoms with van der Waals surface area (Å²) in [6, 6.07) is 6.04. The van der Waals surface area contributed by atoms with Crippen molar-refractivity contribution in [3.8, 4) is 17.1 Å². The normalized spacial score (nSPS) is 10.8. The highest BCUT2D eigenvalue weighted by Crippen LogP contribution is 2.30. The molecular formula is C14H19N3OS. The zero-order valence-corrected chi connectivity index (χ0v) is 12.5. The Morgan fingerprint density at radius 2 is 2.16 bits per heavy atom. The van der Waals surface area contributed by atoms with Gasteiger partial charge in [0.2, 0.25) is 5.13 Å². The Bertz CT molecular complexity index is 551. The minimum atomic E-state index is 0.585. The molecule has 0 radical (unpaired) electrons. The van der Waals surface area contributed by atoms with Crippen LogP contribution in [0.1, 0.15) is 19.4 Å². The fraction of sp³-hybridized carbons (Fsp3) is 0.429. The van der Waals surface area contributed by atoms with E-state index in [0.717, 1.165) is 28.6 Å². The lowest BCUT2D eigenvalue weighted by Gasteiger charge is -2.06. The lowest BCUT2D eigenvalue weighted by atomic mass is 10.1. The maximum absolute atomic E-state index is 5.39. The molecule has 5 heteroatoms. The van der Waals surface area contributed by atoms with Gasteiger partial charge in [-0.1, -0.05) is 19.9 Å². The third kappa shape index (κ3) is 3.44. The summed E-state index contributed by atoms with van der Waals surface area (Å²) in [5, 5.41) is 4.14. The Balaban J connectivity index is 2.22.